The molecule has 3 rings (SSSR count). The van der Waals surface area contributed by atoms with E-state index >= 15 is 0 Å². The zero-order chi connectivity index (χ0) is 17.8. The maximum absolute atomic E-state index is 12.9. The van der Waals surface area contributed by atoms with Crippen LogP contribution in [0.25, 0.3) is 5.78 Å². The Balaban J connectivity index is 1.90. The lowest BCUT2D eigenvalue weighted by Gasteiger charge is -2.21. The minimum Gasteiger partial charge on any atom is -0.331 e. The summed E-state index contributed by atoms with van der Waals surface area (Å²) in [4.78, 5) is 23.3. The predicted molar refractivity (Wildman–Crippen MR) is 95.1 cm³/mol. The highest BCUT2D eigenvalue weighted by atomic mass is 16.2. The Morgan fingerprint density at radius 3 is 2.68 bits per heavy atom. The van der Waals surface area contributed by atoms with E-state index in [-0.39, 0.29) is 11.7 Å². The van der Waals surface area contributed by atoms with E-state index < -0.39 is 0 Å². The largest absolute Gasteiger partial charge is 0.331 e. The fourth-order valence-electron chi connectivity index (χ4n) is 2.74. The van der Waals surface area contributed by atoms with Crippen LogP contribution >= 0.6 is 0 Å². The van der Waals surface area contributed by atoms with E-state index in [0.717, 1.165) is 23.4 Å². The molecule has 7 heteroatoms. The number of aromatic nitrogens is 4. The second-order valence-corrected chi connectivity index (χ2v) is 6.04. The Hall–Kier alpha value is -2.80. The van der Waals surface area contributed by atoms with Crippen LogP contribution in [0.2, 0.25) is 0 Å². The van der Waals surface area contributed by atoms with Gasteiger partial charge in [-0.1, -0.05) is 30.3 Å². The van der Waals surface area contributed by atoms with E-state index in [9.17, 15) is 4.79 Å². The number of rotatable bonds is 6. The van der Waals surface area contributed by atoms with Gasteiger partial charge in [-0.2, -0.15) is 4.98 Å². The molecule has 0 unspecified atom stereocenters. The van der Waals surface area contributed by atoms with Gasteiger partial charge in [-0.3, -0.25) is 4.79 Å². The molecule has 0 atom stereocenters. The van der Waals surface area contributed by atoms with Crippen LogP contribution in [0.3, 0.4) is 0 Å². The van der Waals surface area contributed by atoms with E-state index in [2.05, 4.69) is 15.1 Å². The number of amides is 1. The van der Waals surface area contributed by atoms with E-state index in [1.807, 2.05) is 50.2 Å². The Bertz CT molecular complexity index is 874. The summed E-state index contributed by atoms with van der Waals surface area (Å²) in [5.41, 5.74) is 8.42. The molecule has 0 spiro atoms. The van der Waals surface area contributed by atoms with Gasteiger partial charge in [0.1, 0.15) is 0 Å². The highest BCUT2D eigenvalue weighted by molar-refractivity contribution is 5.90. The van der Waals surface area contributed by atoms with Crippen LogP contribution in [0, 0.1) is 13.8 Å². The van der Waals surface area contributed by atoms with Crippen LogP contribution in [-0.4, -0.2) is 43.5 Å². The number of carbonyl (C=O) groups is 1. The maximum atomic E-state index is 12.9. The summed E-state index contributed by atoms with van der Waals surface area (Å²) in [6.45, 7) is 5.40. The molecular weight excluding hydrogens is 316 g/mol. The minimum atomic E-state index is -0.208. The lowest BCUT2D eigenvalue weighted by molar-refractivity contribution is 0.0730. The summed E-state index contributed by atoms with van der Waals surface area (Å²) in [5, 5.41) is 4.34. The molecule has 130 valence electrons. The smallest absolute Gasteiger partial charge is 0.293 e. The molecule has 2 N–H and O–H groups in total. The summed E-state index contributed by atoms with van der Waals surface area (Å²) in [5.74, 6) is 0.397. The molecule has 0 fully saturated rings. The van der Waals surface area contributed by atoms with Crippen molar-refractivity contribution in [2.75, 3.05) is 13.1 Å². The fraction of sp³-hybridized carbons (Fsp3) is 0.333. The summed E-state index contributed by atoms with van der Waals surface area (Å²) in [7, 11) is 0. The second-order valence-electron chi connectivity index (χ2n) is 6.04. The van der Waals surface area contributed by atoms with Crippen molar-refractivity contribution in [3.63, 3.8) is 0 Å². The third-order valence-electron chi connectivity index (χ3n) is 3.95. The Labute approximate surface area is 146 Å². The second kappa shape index (κ2) is 7.40. The quantitative estimate of drug-likeness (QED) is 0.739. The maximum Gasteiger partial charge on any atom is 0.293 e. The van der Waals surface area contributed by atoms with Crippen molar-refractivity contribution in [1.82, 2.24) is 24.5 Å². The molecular formula is C18H22N6O. The highest BCUT2D eigenvalue weighted by Crippen LogP contribution is 2.11. The number of carbonyl (C=O) groups excluding carboxylic acids is 1. The molecule has 0 bridgehead atoms. The van der Waals surface area contributed by atoms with Gasteiger partial charge >= 0.3 is 0 Å². The Morgan fingerprint density at radius 2 is 1.96 bits per heavy atom. The molecule has 0 aliphatic rings. The third-order valence-corrected chi connectivity index (χ3v) is 3.95. The summed E-state index contributed by atoms with van der Waals surface area (Å²) in [6.07, 6.45) is 0.725. The van der Waals surface area contributed by atoms with Crippen molar-refractivity contribution in [1.29, 1.82) is 0 Å². The van der Waals surface area contributed by atoms with Crippen molar-refractivity contribution in [3.8, 4) is 0 Å². The van der Waals surface area contributed by atoms with Crippen molar-refractivity contribution in [2.24, 2.45) is 5.73 Å². The van der Waals surface area contributed by atoms with Gasteiger partial charge in [0, 0.05) is 24.5 Å². The van der Waals surface area contributed by atoms with Crippen LogP contribution in [0.4, 0.5) is 0 Å². The van der Waals surface area contributed by atoms with Crippen molar-refractivity contribution in [3.05, 3.63) is 59.2 Å². The number of hydrogen-bond donors (Lipinski definition) is 1. The molecule has 1 amide bonds. The van der Waals surface area contributed by atoms with E-state index in [0.29, 0.717) is 25.4 Å². The normalized spacial score (nSPS) is 11.0. The third kappa shape index (κ3) is 3.83. The molecule has 7 nitrogen and oxygen atoms in total. The zero-order valence-electron chi connectivity index (χ0n) is 14.5. The first-order valence-corrected chi connectivity index (χ1v) is 8.33. The van der Waals surface area contributed by atoms with Crippen LogP contribution in [0.1, 0.15) is 34.0 Å². The fourth-order valence-corrected chi connectivity index (χ4v) is 2.74. The molecule has 0 aliphatic heterocycles. The van der Waals surface area contributed by atoms with Crippen molar-refractivity contribution >= 4 is 11.7 Å². The van der Waals surface area contributed by atoms with Crippen LogP contribution in [-0.2, 0) is 6.54 Å². The molecule has 3 aromatic rings. The standard InChI is InChI=1S/C18H22N6O/c1-13-11-14(2)24-18(20-13)21-16(22-24)17(25)23(10-6-9-19)12-15-7-4-3-5-8-15/h3-5,7-8,11H,6,9-10,12,19H2,1-2H3. The molecule has 1 aromatic carbocycles. The minimum absolute atomic E-state index is 0.161. The van der Waals surface area contributed by atoms with Gasteiger partial charge in [0.2, 0.25) is 5.82 Å². The van der Waals surface area contributed by atoms with Crippen molar-refractivity contribution in [2.45, 2.75) is 26.8 Å². The Morgan fingerprint density at radius 1 is 1.20 bits per heavy atom. The summed E-state index contributed by atoms with van der Waals surface area (Å²) >= 11 is 0. The molecule has 2 aromatic heterocycles. The molecule has 25 heavy (non-hydrogen) atoms. The molecule has 0 aliphatic carbocycles. The average Bonchev–Trinajstić information content (AvgIpc) is 3.03. The van der Waals surface area contributed by atoms with E-state index in [1.165, 1.54) is 0 Å². The Kier molecular flexibility index (Phi) is 5.04. The number of hydrogen-bond acceptors (Lipinski definition) is 5. The first-order chi connectivity index (χ1) is 12.1. The number of nitrogens with two attached hydrogens (primary N) is 1. The first kappa shape index (κ1) is 17.0. The summed E-state index contributed by atoms with van der Waals surface area (Å²) < 4.78 is 1.60. The lowest BCUT2D eigenvalue weighted by Crippen LogP contribution is -2.33. The summed E-state index contributed by atoms with van der Waals surface area (Å²) in [6, 6.07) is 11.8. The molecule has 0 radical (unpaired) electrons. The molecule has 0 saturated carbocycles. The number of nitrogens with zero attached hydrogens (tertiary/aromatic N) is 5. The van der Waals surface area contributed by atoms with Gasteiger partial charge in [-0.25, -0.2) is 9.50 Å². The van der Waals surface area contributed by atoms with Gasteiger partial charge < -0.3 is 10.6 Å². The van der Waals surface area contributed by atoms with Crippen LogP contribution in [0.15, 0.2) is 36.4 Å². The predicted octanol–water partition coefficient (Wildman–Crippen LogP) is 1.73. The topological polar surface area (TPSA) is 89.4 Å². The zero-order valence-corrected chi connectivity index (χ0v) is 14.5. The average molecular weight is 338 g/mol. The number of benzene rings is 1. The lowest BCUT2D eigenvalue weighted by atomic mass is 10.2. The van der Waals surface area contributed by atoms with Gasteiger partial charge in [0.15, 0.2) is 0 Å². The van der Waals surface area contributed by atoms with Crippen LogP contribution in [0.5, 0.6) is 0 Å². The van der Waals surface area contributed by atoms with Gasteiger partial charge in [0.05, 0.1) is 0 Å². The van der Waals surface area contributed by atoms with Crippen molar-refractivity contribution < 1.29 is 4.79 Å². The van der Waals surface area contributed by atoms with Gasteiger partial charge in [-0.05, 0) is 38.4 Å². The number of aryl methyl sites for hydroxylation is 2. The first-order valence-electron chi connectivity index (χ1n) is 8.33. The van der Waals surface area contributed by atoms with E-state index in [4.69, 9.17) is 5.73 Å². The van der Waals surface area contributed by atoms with Gasteiger partial charge in [-0.15, -0.1) is 5.10 Å². The SMILES string of the molecule is Cc1cc(C)n2nc(C(=O)N(CCCN)Cc3ccccc3)nc2n1. The number of fused-ring (bicyclic) bond motifs is 1. The van der Waals surface area contributed by atoms with Gasteiger partial charge in [0.25, 0.3) is 11.7 Å². The molecule has 0 saturated heterocycles. The highest BCUT2D eigenvalue weighted by Gasteiger charge is 2.21. The monoisotopic (exact) mass is 338 g/mol. The van der Waals surface area contributed by atoms with E-state index in [1.54, 1.807) is 9.42 Å². The van der Waals surface area contributed by atoms with Crippen LogP contribution < -0.4 is 5.73 Å². The molecule has 2 heterocycles.